The van der Waals surface area contributed by atoms with Crippen molar-refractivity contribution in [2.24, 2.45) is 0 Å². The normalized spacial score (nSPS) is 13.6. The third-order valence-electron chi connectivity index (χ3n) is 8.29. The van der Waals surface area contributed by atoms with Gasteiger partial charge in [0.15, 0.2) is 0 Å². The van der Waals surface area contributed by atoms with Gasteiger partial charge in [0.25, 0.3) is 5.56 Å². The molecule has 46 heavy (non-hydrogen) atoms. The minimum Gasteiger partial charge on any atom is -0.490 e. The molecule has 3 aromatic carbocycles. The van der Waals surface area contributed by atoms with Gasteiger partial charge in [0.05, 0.1) is 24.6 Å². The summed E-state index contributed by atoms with van der Waals surface area (Å²) in [6.07, 6.45) is 4.04. The van der Waals surface area contributed by atoms with Crippen LogP contribution in [0.25, 0.3) is 28.2 Å². The third kappa shape index (κ3) is 6.47. The van der Waals surface area contributed by atoms with Crippen LogP contribution >= 0.6 is 0 Å². The molecule has 1 saturated carbocycles. The van der Waals surface area contributed by atoms with E-state index < -0.39 is 5.82 Å². The van der Waals surface area contributed by atoms with E-state index in [4.69, 9.17) is 19.0 Å². The maximum absolute atomic E-state index is 15.8. The zero-order valence-electron chi connectivity index (χ0n) is 26.1. The lowest BCUT2D eigenvalue weighted by atomic mass is 9.95. The van der Waals surface area contributed by atoms with Gasteiger partial charge in [0, 0.05) is 30.4 Å². The summed E-state index contributed by atoms with van der Waals surface area (Å²) < 4.78 is 33.6. The molecule has 0 N–H and O–H groups in total. The lowest BCUT2D eigenvalue weighted by Gasteiger charge is -2.22. The van der Waals surface area contributed by atoms with Crippen LogP contribution < -0.4 is 15.0 Å². The van der Waals surface area contributed by atoms with Crippen molar-refractivity contribution in [3.63, 3.8) is 0 Å². The van der Waals surface area contributed by atoms with E-state index in [0.717, 1.165) is 12.0 Å². The SMILES string of the molecule is CCCc1nc(C)n(-c2ccc(OC3CCC(=O)CC3)cc2)c(=O)c1Cc1ccc(-c2ccccc2-c2noc(OC)n2)cc1F. The molecule has 2 aromatic heterocycles. The Labute approximate surface area is 266 Å². The monoisotopic (exact) mass is 622 g/mol. The number of ketones is 1. The number of hydrogen-bond donors (Lipinski definition) is 0. The quantitative estimate of drug-likeness (QED) is 0.167. The Morgan fingerprint density at radius 1 is 0.978 bits per heavy atom. The minimum atomic E-state index is -0.433. The maximum atomic E-state index is 15.8. The van der Waals surface area contributed by atoms with Crippen LogP contribution in [0.15, 0.2) is 76.0 Å². The first-order valence-electron chi connectivity index (χ1n) is 15.5. The predicted molar refractivity (Wildman–Crippen MR) is 171 cm³/mol. The molecule has 0 spiro atoms. The summed E-state index contributed by atoms with van der Waals surface area (Å²) in [5.41, 5.74) is 3.99. The number of ether oxygens (including phenoxy) is 2. The number of methoxy groups -OCH3 is 1. The number of carbonyl (C=O) groups excluding carboxylic acids is 1. The number of aromatic nitrogens is 4. The molecule has 1 aliphatic carbocycles. The van der Waals surface area contributed by atoms with Crippen molar-refractivity contribution in [3.05, 3.63) is 106 Å². The number of carbonyl (C=O) groups is 1. The van der Waals surface area contributed by atoms with Crippen molar-refractivity contribution >= 4 is 5.78 Å². The van der Waals surface area contributed by atoms with Crippen molar-refractivity contribution in [1.29, 1.82) is 0 Å². The number of rotatable bonds is 10. The molecule has 10 heteroatoms. The molecule has 0 bridgehead atoms. The summed E-state index contributed by atoms with van der Waals surface area (Å²) in [4.78, 5) is 34.7. The number of aryl methyl sites for hydroxylation is 2. The van der Waals surface area contributed by atoms with Gasteiger partial charge < -0.3 is 9.47 Å². The molecular formula is C36H35FN4O5. The summed E-state index contributed by atoms with van der Waals surface area (Å²) in [5.74, 6) is 1.42. The van der Waals surface area contributed by atoms with E-state index in [1.807, 2.05) is 61.5 Å². The Morgan fingerprint density at radius 2 is 1.72 bits per heavy atom. The molecule has 0 radical (unpaired) electrons. The van der Waals surface area contributed by atoms with Gasteiger partial charge in [0.2, 0.25) is 5.82 Å². The summed E-state index contributed by atoms with van der Waals surface area (Å²) >= 11 is 0. The van der Waals surface area contributed by atoms with Crippen LogP contribution in [0.5, 0.6) is 11.8 Å². The minimum absolute atomic E-state index is 0.00636. The maximum Gasteiger partial charge on any atom is 0.417 e. The van der Waals surface area contributed by atoms with Gasteiger partial charge in [-0.05, 0) is 73.2 Å². The highest BCUT2D eigenvalue weighted by Crippen LogP contribution is 2.32. The van der Waals surface area contributed by atoms with Crippen LogP contribution in [0.3, 0.4) is 0 Å². The molecule has 0 amide bonds. The number of Topliss-reactive ketones (excluding diaryl/α,β-unsaturated/α-hetero) is 1. The van der Waals surface area contributed by atoms with Gasteiger partial charge in [-0.2, -0.15) is 4.98 Å². The average Bonchev–Trinajstić information content (AvgIpc) is 3.55. The Kier molecular flexibility index (Phi) is 9.05. The number of hydrogen-bond acceptors (Lipinski definition) is 8. The van der Waals surface area contributed by atoms with Crippen LogP contribution in [0.1, 0.15) is 61.7 Å². The van der Waals surface area contributed by atoms with Gasteiger partial charge in [-0.1, -0.05) is 54.9 Å². The number of nitrogens with zero attached hydrogens (tertiary/aromatic N) is 4. The molecule has 6 rings (SSSR count). The molecule has 1 fully saturated rings. The molecule has 0 unspecified atom stereocenters. The van der Waals surface area contributed by atoms with Crippen molar-refractivity contribution in [1.82, 2.24) is 19.7 Å². The second kappa shape index (κ2) is 13.5. The molecule has 0 aliphatic heterocycles. The van der Waals surface area contributed by atoms with E-state index in [1.165, 1.54) is 13.2 Å². The van der Waals surface area contributed by atoms with Crippen molar-refractivity contribution in [2.75, 3.05) is 7.11 Å². The fraction of sp³-hybridized carbons (Fsp3) is 0.306. The Balaban J connectivity index is 1.29. The van der Waals surface area contributed by atoms with E-state index in [2.05, 4.69) is 10.1 Å². The van der Waals surface area contributed by atoms with Crippen molar-refractivity contribution in [3.8, 4) is 40.0 Å². The largest absolute Gasteiger partial charge is 0.490 e. The zero-order valence-corrected chi connectivity index (χ0v) is 26.1. The molecule has 236 valence electrons. The number of benzene rings is 3. The van der Waals surface area contributed by atoms with Crippen LogP contribution in [0.2, 0.25) is 0 Å². The fourth-order valence-corrected chi connectivity index (χ4v) is 5.92. The zero-order chi connectivity index (χ0) is 32.2. The topological polar surface area (TPSA) is 109 Å². The highest BCUT2D eigenvalue weighted by molar-refractivity contribution is 5.80. The summed E-state index contributed by atoms with van der Waals surface area (Å²) in [5, 5.41) is 3.98. The lowest BCUT2D eigenvalue weighted by molar-refractivity contribution is -0.121. The Hall–Kier alpha value is -5.12. The first kappa shape index (κ1) is 30.9. The standard InChI is InChI=1S/C36H35FN4O5/c1-4-7-33-31(35(43)41(22(2)38-33)25-12-16-27(17-13-25)45-28-18-14-26(42)15-19-28)20-24-11-10-23(21-32(24)37)29-8-5-6-9-30(29)34-39-36(44-3)46-40-34/h5-6,8-13,16-17,21,28H,4,7,14-15,18-20H2,1-3H3. The summed E-state index contributed by atoms with van der Waals surface area (Å²) in [7, 11) is 1.44. The third-order valence-corrected chi connectivity index (χ3v) is 8.29. The van der Waals surface area contributed by atoms with E-state index in [9.17, 15) is 9.59 Å². The van der Waals surface area contributed by atoms with Gasteiger partial charge in [-0.25, -0.2) is 9.37 Å². The fourth-order valence-electron chi connectivity index (χ4n) is 5.92. The number of halogens is 1. The molecule has 1 aliphatic rings. The van der Waals surface area contributed by atoms with E-state index in [1.54, 1.807) is 17.6 Å². The molecule has 9 nitrogen and oxygen atoms in total. The van der Waals surface area contributed by atoms with Crippen molar-refractivity contribution in [2.45, 2.75) is 64.9 Å². The van der Waals surface area contributed by atoms with Gasteiger partial charge in [0.1, 0.15) is 23.2 Å². The Bertz CT molecular complexity index is 1920. The first-order chi connectivity index (χ1) is 22.3. The van der Waals surface area contributed by atoms with E-state index >= 15 is 4.39 Å². The summed E-state index contributed by atoms with van der Waals surface area (Å²) in [6.45, 7) is 3.83. The molecule has 0 saturated heterocycles. The molecule has 5 aromatic rings. The molecular weight excluding hydrogens is 587 g/mol. The average molecular weight is 623 g/mol. The van der Waals surface area contributed by atoms with E-state index in [0.29, 0.717) is 83.1 Å². The highest BCUT2D eigenvalue weighted by Gasteiger charge is 2.21. The van der Waals surface area contributed by atoms with Gasteiger partial charge in [-0.3, -0.25) is 18.7 Å². The molecule has 0 atom stereocenters. The van der Waals surface area contributed by atoms with Gasteiger partial charge >= 0.3 is 6.08 Å². The first-order valence-corrected chi connectivity index (χ1v) is 15.5. The van der Waals surface area contributed by atoms with E-state index in [-0.39, 0.29) is 29.9 Å². The predicted octanol–water partition coefficient (Wildman–Crippen LogP) is 6.84. The second-order valence-electron chi connectivity index (χ2n) is 11.4. The van der Waals surface area contributed by atoms with Gasteiger partial charge in [-0.15, -0.1) is 0 Å². The highest BCUT2D eigenvalue weighted by atomic mass is 19.1. The summed E-state index contributed by atoms with van der Waals surface area (Å²) in [6, 6.07) is 19.7. The van der Waals surface area contributed by atoms with Crippen LogP contribution in [-0.4, -0.2) is 38.7 Å². The van der Waals surface area contributed by atoms with Crippen LogP contribution in [0.4, 0.5) is 4.39 Å². The van der Waals surface area contributed by atoms with Crippen molar-refractivity contribution < 1.29 is 23.2 Å². The smallest absolute Gasteiger partial charge is 0.417 e. The lowest BCUT2D eigenvalue weighted by Crippen LogP contribution is -2.28. The van der Waals surface area contributed by atoms with Crippen LogP contribution in [0, 0.1) is 12.7 Å². The van der Waals surface area contributed by atoms with Crippen LogP contribution in [-0.2, 0) is 17.6 Å². The second-order valence-corrected chi connectivity index (χ2v) is 11.4. The Morgan fingerprint density at radius 3 is 2.39 bits per heavy atom. The molecule has 2 heterocycles.